The average molecular weight is 366 g/mol. The number of rotatable bonds is 3. The highest BCUT2D eigenvalue weighted by Gasteiger charge is 2.11. The second-order valence-corrected chi connectivity index (χ2v) is 6.44. The summed E-state index contributed by atoms with van der Waals surface area (Å²) in [5.74, 6) is 1.51. The highest BCUT2D eigenvalue weighted by atomic mass is 35.5. The van der Waals surface area contributed by atoms with Crippen LogP contribution in [0.25, 0.3) is 11.3 Å². The Kier molecular flexibility index (Phi) is 4.71. The molecule has 0 radical (unpaired) electrons. The van der Waals surface area contributed by atoms with Crippen LogP contribution in [0.2, 0.25) is 10.0 Å². The van der Waals surface area contributed by atoms with Gasteiger partial charge in [0.1, 0.15) is 11.5 Å². The van der Waals surface area contributed by atoms with E-state index >= 15 is 0 Å². The monoisotopic (exact) mass is 365 g/mol. The van der Waals surface area contributed by atoms with E-state index in [1.807, 2.05) is 30.5 Å². The van der Waals surface area contributed by atoms with Gasteiger partial charge in [-0.25, -0.2) is 4.68 Å². The second kappa shape index (κ2) is 6.74. The Bertz CT molecular complexity index is 937. The van der Waals surface area contributed by atoms with Gasteiger partial charge in [-0.3, -0.25) is 4.99 Å². The van der Waals surface area contributed by atoms with E-state index < -0.39 is 0 Å². The Hall–Kier alpha value is -1.82. The van der Waals surface area contributed by atoms with Gasteiger partial charge < -0.3 is 4.42 Å². The van der Waals surface area contributed by atoms with Gasteiger partial charge in [0, 0.05) is 23.0 Å². The molecule has 0 atom stereocenters. The minimum absolute atomic E-state index is 0.566. The molecule has 0 aliphatic rings. The van der Waals surface area contributed by atoms with Crippen LogP contribution in [0.3, 0.4) is 0 Å². The Labute approximate surface area is 147 Å². The molecule has 0 aliphatic heterocycles. The Morgan fingerprint density at radius 1 is 1.22 bits per heavy atom. The van der Waals surface area contributed by atoms with Gasteiger partial charge in [0.2, 0.25) is 4.80 Å². The van der Waals surface area contributed by atoms with Gasteiger partial charge in [-0.05, 0) is 37.3 Å². The molecule has 0 spiro atoms. The summed E-state index contributed by atoms with van der Waals surface area (Å²) in [6, 6.07) is 9.14. The van der Waals surface area contributed by atoms with Crippen LogP contribution < -0.4 is 4.80 Å². The lowest BCUT2D eigenvalue weighted by molar-refractivity contribution is 0.527. The van der Waals surface area contributed by atoms with Crippen LogP contribution in [0.5, 0.6) is 0 Å². The molecule has 0 saturated heterocycles. The zero-order chi connectivity index (χ0) is 16.4. The maximum absolute atomic E-state index is 6.31. The molecule has 23 heavy (non-hydrogen) atoms. The molecule has 118 valence electrons. The van der Waals surface area contributed by atoms with E-state index in [0.29, 0.717) is 15.8 Å². The lowest BCUT2D eigenvalue weighted by Crippen LogP contribution is -2.11. The topological polar surface area (TPSA) is 42.8 Å². The van der Waals surface area contributed by atoms with Gasteiger partial charge in [0.25, 0.3) is 0 Å². The smallest absolute Gasteiger partial charge is 0.205 e. The number of furan rings is 1. The summed E-state index contributed by atoms with van der Waals surface area (Å²) in [5, 5.41) is 7.60. The van der Waals surface area contributed by atoms with E-state index in [4.69, 9.17) is 27.6 Å². The summed E-state index contributed by atoms with van der Waals surface area (Å²) >= 11 is 13.8. The van der Waals surface area contributed by atoms with Gasteiger partial charge in [-0.1, -0.05) is 23.2 Å². The van der Waals surface area contributed by atoms with Gasteiger partial charge >= 0.3 is 0 Å². The molecule has 0 N–H and O–H groups in total. The molecule has 4 nitrogen and oxygen atoms in total. The lowest BCUT2D eigenvalue weighted by Gasteiger charge is -2.05. The predicted octanol–water partition coefficient (Wildman–Crippen LogP) is 4.84. The molecular weight excluding hydrogens is 353 g/mol. The number of thiazole rings is 1. The summed E-state index contributed by atoms with van der Waals surface area (Å²) in [6.45, 7) is 1.89. The third kappa shape index (κ3) is 3.42. The van der Waals surface area contributed by atoms with Crippen molar-refractivity contribution in [2.24, 2.45) is 10.1 Å². The molecule has 0 amide bonds. The number of halogens is 2. The van der Waals surface area contributed by atoms with Crippen LogP contribution in [0.1, 0.15) is 11.5 Å². The van der Waals surface area contributed by atoms with Crippen LogP contribution in [-0.2, 0) is 0 Å². The normalized spacial score (nSPS) is 12.4. The van der Waals surface area contributed by atoms with Gasteiger partial charge in [-0.15, -0.1) is 11.3 Å². The SMILES string of the molecule is CN=c1scc(-c2ccc(Cl)cc2Cl)n1N=Cc1ccc(C)o1. The second-order valence-electron chi connectivity index (χ2n) is 4.76. The molecule has 3 rings (SSSR count). The summed E-state index contributed by atoms with van der Waals surface area (Å²) in [4.78, 5) is 5.00. The van der Waals surface area contributed by atoms with Gasteiger partial charge in [-0.2, -0.15) is 5.10 Å². The van der Waals surface area contributed by atoms with Crippen molar-refractivity contribution < 1.29 is 4.42 Å². The Morgan fingerprint density at radius 2 is 2.04 bits per heavy atom. The summed E-state index contributed by atoms with van der Waals surface area (Å²) in [7, 11) is 1.72. The molecular formula is C16H13Cl2N3OS. The van der Waals surface area contributed by atoms with Crippen molar-refractivity contribution in [2.45, 2.75) is 6.92 Å². The third-order valence-electron chi connectivity index (χ3n) is 3.15. The summed E-state index contributed by atoms with van der Waals surface area (Å²) < 4.78 is 7.24. The van der Waals surface area contributed by atoms with Gasteiger partial charge in [0.15, 0.2) is 0 Å². The number of benzene rings is 1. The van der Waals surface area contributed by atoms with Crippen LogP contribution in [-0.4, -0.2) is 17.9 Å². The Balaban J connectivity index is 2.09. The fraction of sp³-hybridized carbons (Fsp3) is 0.125. The van der Waals surface area contributed by atoms with E-state index in [-0.39, 0.29) is 0 Å². The predicted molar refractivity (Wildman–Crippen MR) is 95.7 cm³/mol. The number of aromatic nitrogens is 1. The van der Waals surface area contributed by atoms with Crippen molar-refractivity contribution in [1.82, 2.24) is 4.68 Å². The maximum Gasteiger partial charge on any atom is 0.205 e. The van der Waals surface area contributed by atoms with Crippen molar-refractivity contribution in [3.63, 3.8) is 0 Å². The van der Waals surface area contributed by atoms with Crippen LogP contribution in [0.4, 0.5) is 0 Å². The number of nitrogens with zero attached hydrogens (tertiary/aromatic N) is 3. The van der Waals surface area contributed by atoms with Crippen molar-refractivity contribution >= 4 is 40.8 Å². The fourth-order valence-electron chi connectivity index (χ4n) is 2.08. The Morgan fingerprint density at radius 3 is 2.70 bits per heavy atom. The third-order valence-corrected chi connectivity index (χ3v) is 4.60. The van der Waals surface area contributed by atoms with Crippen LogP contribution >= 0.6 is 34.5 Å². The van der Waals surface area contributed by atoms with Crippen molar-refractivity contribution in [1.29, 1.82) is 0 Å². The first-order chi connectivity index (χ1) is 11.1. The van der Waals surface area contributed by atoms with E-state index in [2.05, 4.69) is 10.1 Å². The molecule has 3 aromatic rings. The molecule has 2 aromatic heterocycles. The lowest BCUT2D eigenvalue weighted by atomic mass is 10.2. The summed E-state index contributed by atoms with van der Waals surface area (Å²) in [5.41, 5.74) is 1.69. The van der Waals surface area contributed by atoms with E-state index in [9.17, 15) is 0 Å². The molecule has 7 heteroatoms. The average Bonchev–Trinajstić information content (AvgIpc) is 3.11. The van der Waals surface area contributed by atoms with Crippen LogP contribution in [0, 0.1) is 6.92 Å². The fourth-order valence-corrected chi connectivity index (χ4v) is 3.38. The zero-order valence-electron chi connectivity index (χ0n) is 12.5. The largest absolute Gasteiger partial charge is 0.460 e. The minimum Gasteiger partial charge on any atom is -0.460 e. The highest BCUT2D eigenvalue weighted by molar-refractivity contribution is 7.07. The molecule has 0 saturated carbocycles. The first kappa shape index (κ1) is 16.1. The molecule has 2 heterocycles. The number of hydrogen-bond acceptors (Lipinski definition) is 4. The molecule has 0 unspecified atom stereocenters. The first-order valence-electron chi connectivity index (χ1n) is 6.78. The number of aryl methyl sites for hydroxylation is 1. The van der Waals surface area contributed by atoms with Crippen LogP contribution in [0.15, 0.2) is 50.2 Å². The summed E-state index contributed by atoms with van der Waals surface area (Å²) in [6.07, 6.45) is 1.65. The highest BCUT2D eigenvalue weighted by Crippen LogP contribution is 2.30. The molecule has 0 fully saturated rings. The zero-order valence-corrected chi connectivity index (χ0v) is 14.8. The van der Waals surface area contributed by atoms with E-state index in [1.54, 1.807) is 30.1 Å². The number of hydrogen-bond donors (Lipinski definition) is 0. The minimum atomic E-state index is 0.566. The molecule has 0 aliphatic carbocycles. The molecule has 0 bridgehead atoms. The first-order valence-corrected chi connectivity index (χ1v) is 8.41. The quantitative estimate of drug-likeness (QED) is 0.612. The molecule has 1 aromatic carbocycles. The maximum atomic E-state index is 6.31. The standard InChI is InChI=1S/C16H13Cl2N3OS/c1-10-3-5-12(22-10)8-20-21-15(9-23-16(21)19-2)13-6-4-11(17)7-14(13)18/h3-9H,1-2H3. The van der Waals surface area contributed by atoms with Crippen molar-refractivity contribution in [2.75, 3.05) is 7.05 Å². The van der Waals surface area contributed by atoms with E-state index in [0.717, 1.165) is 21.8 Å². The van der Waals surface area contributed by atoms with Crippen molar-refractivity contribution in [3.05, 3.63) is 62.1 Å². The van der Waals surface area contributed by atoms with Gasteiger partial charge in [0.05, 0.1) is 16.9 Å². The van der Waals surface area contributed by atoms with Crippen molar-refractivity contribution in [3.8, 4) is 11.3 Å². The van der Waals surface area contributed by atoms with E-state index in [1.165, 1.54) is 11.3 Å².